The van der Waals surface area contributed by atoms with Crippen LogP contribution in [0.4, 0.5) is 5.69 Å². The first-order chi connectivity index (χ1) is 17.5. The number of carbonyl (C=O) groups excluding carboxylic acids is 1. The average molecular weight is 496 g/mol. The first-order valence-electron chi connectivity index (χ1n) is 12.7. The molecule has 1 saturated heterocycles. The molecule has 2 aliphatic rings. The van der Waals surface area contributed by atoms with Crippen molar-refractivity contribution < 1.29 is 19.0 Å². The van der Waals surface area contributed by atoms with Crippen molar-refractivity contribution >= 4 is 11.6 Å². The quantitative estimate of drug-likeness (QED) is 0.576. The number of benzene rings is 1. The topological polar surface area (TPSA) is 89.1 Å². The number of amides is 1. The number of nitrogens with one attached hydrogen (secondary N) is 2. The molecular formula is C28H37N3O5. The van der Waals surface area contributed by atoms with Crippen molar-refractivity contribution in [2.24, 2.45) is 0 Å². The highest BCUT2D eigenvalue weighted by molar-refractivity contribution is 5.83. The zero-order chi connectivity index (χ0) is 25.7. The lowest BCUT2D eigenvalue weighted by Crippen LogP contribution is -2.34. The van der Waals surface area contributed by atoms with E-state index in [-0.39, 0.29) is 17.4 Å². The molecule has 1 fully saturated rings. The maximum atomic E-state index is 13.3. The monoisotopic (exact) mass is 495 g/mol. The molecule has 0 spiro atoms. The minimum absolute atomic E-state index is 0.104. The number of piperidine rings is 1. The van der Waals surface area contributed by atoms with Crippen molar-refractivity contribution in [2.45, 2.75) is 45.1 Å². The van der Waals surface area contributed by atoms with E-state index in [9.17, 15) is 9.59 Å². The van der Waals surface area contributed by atoms with E-state index in [1.54, 1.807) is 27.4 Å². The number of ether oxygens (including phenoxy) is 3. The summed E-state index contributed by atoms with van der Waals surface area (Å²) >= 11 is 0. The van der Waals surface area contributed by atoms with Crippen LogP contribution in [-0.2, 0) is 11.2 Å². The van der Waals surface area contributed by atoms with E-state index >= 15 is 0 Å². The second-order valence-electron chi connectivity index (χ2n) is 9.42. The number of aryl methyl sites for hydroxylation is 1. The molecule has 194 valence electrons. The summed E-state index contributed by atoms with van der Waals surface area (Å²) in [4.78, 5) is 27.9. The highest BCUT2D eigenvalue weighted by atomic mass is 16.5. The Kier molecular flexibility index (Phi) is 8.36. The molecule has 8 nitrogen and oxygen atoms in total. The number of carbonyl (C=O) groups is 1. The molecule has 0 saturated carbocycles. The first-order valence-corrected chi connectivity index (χ1v) is 12.7. The Labute approximate surface area is 212 Å². The summed E-state index contributed by atoms with van der Waals surface area (Å²) in [7, 11) is 4.78. The van der Waals surface area contributed by atoms with Gasteiger partial charge in [0.2, 0.25) is 17.1 Å². The number of fused-ring (bicyclic) bond motifs is 3. The number of hydrogen-bond donors (Lipinski definition) is 2. The Morgan fingerprint density at radius 1 is 1.03 bits per heavy atom. The minimum atomic E-state index is -0.312. The highest BCUT2D eigenvalue weighted by Crippen LogP contribution is 2.50. The van der Waals surface area contributed by atoms with Crippen LogP contribution < -0.4 is 30.3 Å². The van der Waals surface area contributed by atoms with Gasteiger partial charge in [-0.25, -0.2) is 0 Å². The Balaban J connectivity index is 1.79. The fraction of sp³-hybridized carbons (Fsp3) is 0.500. The number of nitrogens with zero attached hydrogens (tertiary/aromatic N) is 1. The van der Waals surface area contributed by atoms with Gasteiger partial charge in [0.05, 0.1) is 33.1 Å². The molecule has 36 heavy (non-hydrogen) atoms. The van der Waals surface area contributed by atoms with Gasteiger partial charge in [0.1, 0.15) is 0 Å². The Morgan fingerprint density at radius 2 is 1.78 bits per heavy atom. The molecule has 2 N–H and O–H groups in total. The summed E-state index contributed by atoms with van der Waals surface area (Å²) in [6.07, 6.45) is 5.08. The first kappa shape index (κ1) is 25.8. The third-order valence-electron chi connectivity index (χ3n) is 7.11. The van der Waals surface area contributed by atoms with Gasteiger partial charge in [-0.1, -0.05) is 12.5 Å². The van der Waals surface area contributed by atoms with Crippen LogP contribution in [0.15, 0.2) is 29.1 Å². The van der Waals surface area contributed by atoms with Crippen molar-refractivity contribution in [3.05, 3.63) is 45.6 Å². The van der Waals surface area contributed by atoms with E-state index < -0.39 is 0 Å². The smallest absolute Gasteiger partial charge is 0.217 e. The molecule has 0 bridgehead atoms. The lowest BCUT2D eigenvalue weighted by atomic mass is 9.95. The summed E-state index contributed by atoms with van der Waals surface area (Å²) in [6, 6.07) is 7.10. The summed E-state index contributed by atoms with van der Waals surface area (Å²) in [5, 5.41) is 6.40. The van der Waals surface area contributed by atoms with Gasteiger partial charge >= 0.3 is 0 Å². The number of hydrogen-bond acceptors (Lipinski definition) is 7. The highest BCUT2D eigenvalue weighted by Gasteiger charge is 2.29. The number of anilines is 1. The van der Waals surface area contributed by atoms with Gasteiger partial charge in [-0.15, -0.1) is 0 Å². The second-order valence-corrected chi connectivity index (χ2v) is 9.42. The lowest BCUT2D eigenvalue weighted by Gasteiger charge is -2.26. The Morgan fingerprint density at radius 3 is 2.44 bits per heavy atom. The fourth-order valence-corrected chi connectivity index (χ4v) is 5.39. The fourth-order valence-electron chi connectivity index (χ4n) is 5.39. The molecular weight excluding hydrogens is 458 g/mol. The minimum Gasteiger partial charge on any atom is -0.493 e. The standard InChI is InChI=1S/C28H37N3O5/c1-18(32)30-22-10-8-19-16-25(34-2)27(35-3)28(36-4)26(19)20-9-11-23(24(33)17-21(20)22)29-12-15-31-13-6-5-7-14-31/h9,11,16-17,22H,5-8,10,12-15H2,1-4H3,(H,29,33)(H,30,32). The Hall–Kier alpha value is -3.26. The molecule has 1 aliphatic carbocycles. The van der Waals surface area contributed by atoms with E-state index in [1.165, 1.54) is 26.2 Å². The van der Waals surface area contributed by atoms with E-state index in [0.717, 1.165) is 41.9 Å². The summed E-state index contributed by atoms with van der Waals surface area (Å²) in [5.74, 6) is 1.49. The van der Waals surface area contributed by atoms with Crippen LogP contribution in [0.3, 0.4) is 0 Å². The summed E-state index contributed by atoms with van der Waals surface area (Å²) in [6.45, 7) is 5.33. The normalized spacial score (nSPS) is 17.3. The predicted molar refractivity (Wildman–Crippen MR) is 141 cm³/mol. The summed E-state index contributed by atoms with van der Waals surface area (Å²) in [5.41, 5.74) is 3.91. The molecule has 8 heteroatoms. The van der Waals surface area contributed by atoms with Crippen molar-refractivity contribution in [2.75, 3.05) is 52.8 Å². The van der Waals surface area contributed by atoms with Gasteiger partial charge in [-0.3, -0.25) is 9.59 Å². The molecule has 1 heterocycles. The lowest BCUT2D eigenvalue weighted by molar-refractivity contribution is -0.119. The molecule has 1 unspecified atom stereocenters. The van der Waals surface area contributed by atoms with E-state index in [1.807, 2.05) is 18.2 Å². The molecule has 4 rings (SSSR count). The van der Waals surface area contributed by atoms with Crippen molar-refractivity contribution in [1.29, 1.82) is 0 Å². The average Bonchev–Trinajstić information content (AvgIpc) is 3.12. The van der Waals surface area contributed by atoms with Crippen molar-refractivity contribution in [1.82, 2.24) is 10.2 Å². The Bertz CT molecular complexity index is 1160. The third kappa shape index (κ3) is 5.43. The van der Waals surface area contributed by atoms with Gasteiger partial charge < -0.3 is 29.7 Å². The zero-order valence-corrected chi connectivity index (χ0v) is 21.7. The van der Waals surface area contributed by atoms with E-state index in [0.29, 0.717) is 42.3 Å². The van der Waals surface area contributed by atoms with Crippen molar-refractivity contribution in [3.8, 4) is 28.4 Å². The van der Waals surface area contributed by atoms with Gasteiger partial charge in [0.15, 0.2) is 11.5 Å². The molecule has 2 aromatic carbocycles. The van der Waals surface area contributed by atoms with Crippen LogP contribution in [0, 0.1) is 0 Å². The van der Waals surface area contributed by atoms with Crippen molar-refractivity contribution in [3.63, 3.8) is 0 Å². The van der Waals surface area contributed by atoms with Gasteiger partial charge in [0.25, 0.3) is 0 Å². The number of methoxy groups -OCH3 is 3. The van der Waals surface area contributed by atoms with Gasteiger partial charge in [-0.05, 0) is 73.7 Å². The molecule has 2 aromatic rings. The van der Waals surface area contributed by atoms with Crippen LogP contribution in [0.1, 0.15) is 49.8 Å². The number of rotatable bonds is 8. The van der Waals surface area contributed by atoms with Gasteiger partial charge in [0, 0.05) is 25.6 Å². The molecule has 0 aromatic heterocycles. The predicted octanol–water partition coefficient (Wildman–Crippen LogP) is 3.76. The second kappa shape index (κ2) is 11.6. The summed E-state index contributed by atoms with van der Waals surface area (Å²) < 4.78 is 17.1. The van der Waals surface area contributed by atoms with Crippen LogP contribution in [0.5, 0.6) is 17.2 Å². The van der Waals surface area contributed by atoms with Crippen LogP contribution >= 0.6 is 0 Å². The number of likely N-dealkylation sites (tertiary alicyclic amines) is 1. The molecule has 1 atom stereocenters. The van der Waals surface area contributed by atoms with E-state index in [2.05, 4.69) is 15.5 Å². The maximum absolute atomic E-state index is 13.3. The van der Waals surface area contributed by atoms with Crippen LogP contribution in [-0.4, -0.2) is 58.3 Å². The largest absolute Gasteiger partial charge is 0.493 e. The molecule has 0 radical (unpaired) electrons. The van der Waals surface area contributed by atoms with E-state index in [4.69, 9.17) is 14.2 Å². The zero-order valence-electron chi connectivity index (χ0n) is 21.7. The van der Waals surface area contributed by atoms with Gasteiger partial charge in [-0.2, -0.15) is 0 Å². The van der Waals surface area contributed by atoms with Crippen LogP contribution in [0.25, 0.3) is 11.1 Å². The SMILES string of the molecule is COc1cc2c(c(OC)c1OC)-c1ccc(NCCN3CCCCC3)c(=O)cc1C(NC(C)=O)CC2. The molecule has 1 aliphatic heterocycles. The molecule has 1 amide bonds. The maximum Gasteiger partial charge on any atom is 0.217 e. The third-order valence-corrected chi connectivity index (χ3v) is 7.11. The van der Waals surface area contributed by atoms with Crippen LogP contribution in [0.2, 0.25) is 0 Å².